The number of anilines is 1. The number of aryl methyl sites for hydroxylation is 2. The SMILES string of the molecule is Cc1cc(-c2nc(C(F)F)n(C)n2)c2c(n1)NC1(CCNC1)CC2. The maximum Gasteiger partial charge on any atom is 0.297 e. The van der Waals surface area contributed by atoms with Gasteiger partial charge in [0.2, 0.25) is 0 Å². The van der Waals surface area contributed by atoms with Crippen molar-refractivity contribution in [2.24, 2.45) is 7.05 Å². The zero-order valence-electron chi connectivity index (χ0n) is 13.7. The van der Waals surface area contributed by atoms with Crippen LogP contribution in [-0.4, -0.2) is 38.4 Å². The molecule has 0 aliphatic carbocycles. The lowest BCUT2D eigenvalue weighted by Gasteiger charge is -2.36. The molecule has 0 saturated carbocycles. The largest absolute Gasteiger partial charge is 0.363 e. The van der Waals surface area contributed by atoms with Crippen molar-refractivity contribution in [1.82, 2.24) is 25.1 Å². The molecule has 1 saturated heterocycles. The first kappa shape index (κ1) is 15.4. The number of hydrogen-bond acceptors (Lipinski definition) is 5. The Morgan fingerprint density at radius 1 is 1.29 bits per heavy atom. The third-order valence-electron chi connectivity index (χ3n) is 4.97. The van der Waals surface area contributed by atoms with Gasteiger partial charge in [0.05, 0.1) is 5.54 Å². The molecule has 6 nitrogen and oxygen atoms in total. The summed E-state index contributed by atoms with van der Waals surface area (Å²) >= 11 is 0. The maximum atomic E-state index is 13.0. The van der Waals surface area contributed by atoms with Gasteiger partial charge in [-0.05, 0) is 38.8 Å². The van der Waals surface area contributed by atoms with Gasteiger partial charge in [0.25, 0.3) is 6.43 Å². The first-order chi connectivity index (χ1) is 11.5. The molecule has 1 fully saturated rings. The second-order valence-electron chi connectivity index (χ2n) is 6.69. The summed E-state index contributed by atoms with van der Waals surface area (Å²) in [7, 11) is 1.50. The summed E-state index contributed by atoms with van der Waals surface area (Å²) in [6, 6.07) is 1.88. The van der Waals surface area contributed by atoms with E-state index in [1.54, 1.807) is 0 Å². The van der Waals surface area contributed by atoms with Gasteiger partial charge in [-0.25, -0.2) is 23.4 Å². The van der Waals surface area contributed by atoms with E-state index < -0.39 is 6.43 Å². The Balaban J connectivity index is 1.78. The predicted octanol–water partition coefficient (Wildman–Crippen LogP) is 2.21. The maximum absolute atomic E-state index is 13.0. The average molecular weight is 334 g/mol. The smallest absolute Gasteiger partial charge is 0.297 e. The Labute approximate surface area is 138 Å². The molecule has 24 heavy (non-hydrogen) atoms. The molecule has 1 atom stereocenters. The van der Waals surface area contributed by atoms with Crippen molar-refractivity contribution in [2.75, 3.05) is 18.4 Å². The quantitative estimate of drug-likeness (QED) is 0.881. The lowest BCUT2D eigenvalue weighted by atomic mass is 9.85. The first-order valence-electron chi connectivity index (χ1n) is 8.16. The van der Waals surface area contributed by atoms with Gasteiger partial charge in [-0.3, -0.25) is 0 Å². The fourth-order valence-electron chi connectivity index (χ4n) is 3.70. The number of nitrogens with zero attached hydrogens (tertiary/aromatic N) is 4. The van der Waals surface area contributed by atoms with Crippen LogP contribution in [0.25, 0.3) is 11.4 Å². The standard InChI is InChI=1S/C16H20F2N6/c1-9-7-11(14-21-15(12(17)18)24(2)23-14)10-3-4-16(5-6-19-8-16)22-13(10)20-9/h7,12,19H,3-6,8H2,1-2H3,(H,20,22). The van der Waals surface area contributed by atoms with E-state index in [1.807, 2.05) is 13.0 Å². The van der Waals surface area contributed by atoms with Crippen LogP contribution in [0.1, 0.15) is 36.3 Å². The summed E-state index contributed by atoms with van der Waals surface area (Å²) in [6.45, 7) is 3.83. The second-order valence-corrected chi connectivity index (χ2v) is 6.69. The molecule has 2 aromatic heterocycles. The van der Waals surface area contributed by atoms with E-state index in [-0.39, 0.29) is 11.4 Å². The van der Waals surface area contributed by atoms with Gasteiger partial charge in [-0.1, -0.05) is 0 Å². The summed E-state index contributed by atoms with van der Waals surface area (Å²) < 4.78 is 27.2. The highest BCUT2D eigenvalue weighted by molar-refractivity contribution is 5.69. The molecule has 2 aromatic rings. The summed E-state index contributed by atoms with van der Waals surface area (Å²) in [5, 5.41) is 11.2. The van der Waals surface area contributed by atoms with Crippen LogP contribution in [0.4, 0.5) is 14.6 Å². The lowest BCUT2D eigenvalue weighted by Crippen LogP contribution is -2.44. The highest BCUT2D eigenvalue weighted by Gasteiger charge is 2.38. The van der Waals surface area contributed by atoms with Crippen LogP contribution in [0.2, 0.25) is 0 Å². The van der Waals surface area contributed by atoms with Crippen molar-refractivity contribution in [3.63, 3.8) is 0 Å². The molecule has 0 aromatic carbocycles. The summed E-state index contributed by atoms with van der Waals surface area (Å²) in [5.74, 6) is 0.872. The van der Waals surface area contributed by atoms with Gasteiger partial charge in [0.1, 0.15) is 5.82 Å². The molecule has 128 valence electrons. The molecule has 2 aliphatic rings. The minimum absolute atomic E-state index is 0.0523. The molecule has 0 amide bonds. The second kappa shape index (κ2) is 5.47. The van der Waals surface area contributed by atoms with Crippen LogP contribution in [-0.2, 0) is 13.5 Å². The van der Waals surface area contributed by atoms with Crippen LogP contribution in [0.15, 0.2) is 6.07 Å². The zero-order valence-corrected chi connectivity index (χ0v) is 13.7. The van der Waals surface area contributed by atoms with E-state index >= 15 is 0 Å². The van der Waals surface area contributed by atoms with Crippen molar-refractivity contribution in [3.05, 3.63) is 23.1 Å². The van der Waals surface area contributed by atoms with Gasteiger partial charge in [-0.15, -0.1) is 0 Å². The Morgan fingerprint density at radius 2 is 2.12 bits per heavy atom. The van der Waals surface area contributed by atoms with Gasteiger partial charge in [0, 0.05) is 30.4 Å². The third-order valence-corrected chi connectivity index (χ3v) is 4.97. The predicted molar refractivity (Wildman–Crippen MR) is 86.1 cm³/mol. The molecular weight excluding hydrogens is 314 g/mol. The monoisotopic (exact) mass is 334 g/mol. The van der Waals surface area contributed by atoms with E-state index in [9.17, 15) is 8.78 Å². The van der Waals surface area contributed by atoms with Crippen molar-refractivity contribution >= 4 is 5.82 Å². The lowest BCUT2D eigenvalue weighted by molar-refractivity contribution is 0.135. The highest BCUT2D eigenvalue weighted by atomic mass is 19.3. The molecule has 1 spiro atoms. The number of aromatic nitrogens is 4. The van der Waals surface area contributed by atoms with E-state index in [2.05, 4.69) is 25.7 Å². The van der Waals surface area contributed by atoms with Crippen molar-refractivity contribution in [1.29, 1.82) is 0 Å². The van der Waals surface area contributed by atoms with Crippen LogP contribution < -0.4 is 10.6 Å². The first-order valence-corrected chi connectivity index (χ1v) is 8.16. The molecule has 8 heteroatoms. The Kier molecular flexibility index (Phi) is 3.52. The number of halogens is 2. The number of alkyl halides is 2. The molecule has 0 bridgehead atoms. The zero-order chi connectivity index (χ0) is 16.9. The minimum Gasteiger partial charge on any atom is -0.363 e. The van der Waals surface area contributed by atoms with Gasteiger partial charge in [0.15, 0.2) is 11.6 Å². The fourth-order valence-corrected chi connectivity index (χ4v) is 3.70. The molecule has 4 heterocycles. The molecule has 4 rings (SSSR count). The Morgan fingerprint density at radius 3 is 2.79 bits per heavy atom. The highest BCUT2D eigenvalue weighted by Crippen LogP contribution is 2.38. The van der Waals surface area contributed by atoms with Gasteiger partial charge >= 0.3 is 0 Å². The summed E-state index contributed by atoms with van der Waals surface area (Å²) in [6.07, 6.45) is 0.254. The number of rotatable bonds is 2. The third kappa shape index (κ3) is 2.45. The normalized spacial score (nSPS) is 22.9. The molecular formula is C16H20F2N6. The van der Waals surface area contributed by atoms with Gasteiger partial charge in [-0.2, -0.15) is 5.10 Å². The minimum atomic E-state index is -2.64. The summed E-state index contributed by atoms with van der Waals surface area (Å²) in [5.41, 5.74) is 2.69. The van der Waals surface area contributed by atoms with E-state index in [0.29, 0.717) is 5.82 Å². The topological polar surface area (TPSA) is 67.7 Å². The van der Waals surface area contributed by atoms with E-state index in [0.717, 1.165) is 59.7 Å². The van der Waals surface area contributed by atoms with Crippen LogP contribution in [0.3, 0.4) is 0 Å². The fraction of sp³-hybridized carbons (Fsp3) is 0.562. The number of hydrogen-bond donors (Lipinski definition) is 2. The number of nitrogens with one attached hydrogen (secondary N) is 2. The van der Waals surface area contributed by atoms with Crippen molar-refractivity contribution in [2.45, 2.75) is 38.2 Å². The van der Waals surface area contributed by atoms with Gasteiger partial charge < -0.3 is 10.6 Å². The van der Waals surface area contributed by atoms with E-state index in [1.165, 1.54) is 7.05 Å². The Hall–Kier alpha value is -2.09. The average Bonchev–Trinajstić information content (AvgIpc) is 3.13. The number of pyridine rings is 1. The van der Waals surface area contributed by atoms with Crippen LogP contribution in [0.5, 0.6) is 0 Å². The van der Waals surface area contributed by atoms with Crippen molar-refractivity contribution < 1.29 is 8.78 Å². The van der Waals surface area contributed by atoms with Crippen LogP contribution >= 0.6 is 0 Å². The molecule has 2 N–H and O–H groups in total. The Bertz CT molecular complexity index is 779. The molecule has 2 aliphatic heterocycles. The van der Waals surface area contributed by atoms with Crippen LogP contribution in [0, 0.1) is 6.92 Å². The molecule has 0 radical (unpaired) electrons. The summed E-state index contributed by atoms with van der Waals surface area (Å²) in [4.78, 5) is 8.69. The van der Waals surface area contributed by atoms with Crippen molar-refractivity contribution in [3.8, 4) is 11.4 Å². The molecule has 1 unspecified atom stereocenters. The van der Waals surface area contributed by atoms with E-state index in [4.69, 9.17) is 0 Å². The number of fused-ring (bicyclic) bond motifs is 1.